The minimum absolute atomic E-state index is 0.192. The Morgan fingerprint density at radius 1 is 1.07 bits per heavy atom. The van der Waals surface area contributed by atoms with Gasteiger partial charge in [-0.1, -0.05) is 18.2 Å². The molecule has 1 unspecified atom stereocenters. The molecule has 5 heterocycles. The van der Waals surface area contributed by atoms with E-state index < -0.39 is 28.6 Å². The summed E-state index contributed by atoms with van der Waals surface area (Å²) in [7, 11) is -1.47. The molecule has 1 saturated heterocycles. The number of fused-ring (bicyclic) bond motifs is 2. The van der Waals surface area contributed by atoms with Crippen LogP contribution in [0.5, 0.6) is 5.88 Å². The first kappa shape index (κ1) is 27.8. The maximum absolute atomic E-state index is 14.0. The zero-order chi connectivity index (χ0) is 28.9. The standard InChI is InChI=1S/C29H31F3N6O2S/c1-18-12-24-26(34-15-18)40-28(7-9-33-10-8-28)17-37(41(24)39)16-23-14-21(5-4-19(23)2)13-22-6-11-38-25(20(22)3)35-36-27(38)29(30,31)32/h4-6,11-12,14-15,33H,7-10,13,16-17H2,1-3H3. The van der Waals surface area contributed by atoms with Gasteiger partial charge in [0.25, 0.3) is 0 Å². The molecule has 0 saturated carbocycles. The van der Waals surface area contributed by atoms with Gasteiger partial charge >= 0.3 is 6.18 Å². The average Bonchev–Trinajstić information content (AvgIpc) is 3.35. The molecule has 6 rings (SSSR count). The molecule has 1 N–H and O–H groups in total. The molecule has 1 atom stereocenters. The van der Waals surface area contributed by atoms with Crippen LogP contribution in [0.1, 0.15) is 52.0 Å². The number of nitrogens with one attached hydrogen (secondary N) is 1. The van der Waals surface area contributed by atoms with Gasteiger partial charge in [0, 0.05) is 31.8 Å². The summed E-state index contributed by atoms with van der Waals surface area (Å²) in [5.41, 5.74) is 5.24. The van der Waals surface area contributed by atoms with Crippen LogP contribution in [-0.4, -0.2) is 53.3 Å². The average molecular weight is 585 g/mol. The van der Waals surface area contributed by atoms with E-state index in [2.05, 4.69) is 26.6 Å². The lowest BCUT2D eigenvalue weighted by molar-refractivity contribution is -0.145. The van der Waals surface area contributed by atoms with Crippen molar-refractivity contribution in [2.75, 3.05) is 19.6 Å². The fraction of sp³-hybridized carbons (Fsp3) is 0.414. The maximum atomic E-state index is 14.0. The third-order valence-corrected chi connectivity index (χ3v) is 9.41. The lowest BCUT2D eigenvalue weighted by atomic mass is 9.91. The Morgan fingerprint density at radius 2 is 1.85 bits per heavy atom. The van der Waals surface area contributed by atoms with Crippen LogP contribution in [0.15, 0.2) is 47.6 Å². The molecule has 12 heteroatoms. The molecule has 0 aliphatic carbocycles. The number of nitrogens with zero attached hydrogens (tertiary/aromatic N) is 5. The zero-order valence-electron chi connectivity index (χ0n) is 23.1. The molecule has 216 valence electrons. The summed E-state index contributed by atoms with van der Waals surface area (Å²) >= 11 is 0. The van der Waals surface area contributed by atoms with E-state index in [1.54, 1.807) is 19.2 Å². The fourth-order valence-corrected chi connectivity index (χ4v) is 7.08. The van der Waals surface area contributed by atoms with E-state index in [9.17, 15) is 17.4 Å². The molecule has 0 bridgehead atoms. The number of rotatable bonds is 4. The first-order valence-corrected chi connectivity index (χ1v) is 14.7. The van der Waals surface area contributed by atoms with Crippen molar-refractivity contribution in [2.45, 2.75) is 63.3 Å². The third kappa shape index (κ3) is 5.35. The van der Waals surface area contributed by atoms with E-state index in [-0.39, 0.29) is 5.65 Å². The molecule has 2 aliphatic rings. The monoisotopic (exact) mass is 584 g/mol. The summed E-state index contributed by atoms with van der Waals surface area (Å²) in [4.78, 5) is 5.10. The van der Waals surface area contributed by atoms with Gasteiger partial charge in [0.1, 0.15) is 21.5 Å². The van der Waals surface area contributed by atoms with E-state index in [4.69, 9.17) is 4.74 Å². The van der Waals surface area contributed by atoms with Crippen molar-refractivity contribution in [3.8, 4) is 5.88 Å². The van der Waals surface area contributed by atoms with Crippen LogP contribution in [0.25, 0.3) is 5.65 Å². The molecule has 8 nitrogen and oxygen atoms in total. The lowest BCUT2D eigenvalue weighted by Gasteiger charge is -2.38. The summed E-state index contributed by atoms with van der Waals surface area (Å²) < 4.78 is 63.4. The molecule has 1 aromatic carbocycles. The molecule has 1 fully saturated rings. The molecule has 3 aromatic heterocycles. The highest BCUT2D eigenvalue weighted by Crippen LogP contribution is 2.36. The van der Waals surface area contributed by atoms with E-state index in [0.29, 0.717) is 35.8 Å². The SMILES string of the molecule is Cc1cnc2c(c1)S(=O)N(Cc1cc(Cc3ccn4c(C(F)(F)F)nnc4c3C)ccc1C)CC1(CCNCC1)O2. The molecule has 0 amide bonds. The number of pyridine rings is 2. The second-order valence-corrected chi connectivity index (χ2v) is 12.5. The Morgan fingerprint density at radius 3 is 2.61 bits per heavy atom. The van der Waals surface area contributed by atoms with Gasteiger partial charge in [-0.2, -0.15) is 13.2 Å². The number of aromatic nitrogens is 4. The molecular weight excluding hydrogens is 553 g/mol. The minimum atomic E-state index is -4.58. The third-order valence-electron chi connectivity index (χ3n) is 8.02. The number of hydrogen-bond acceptors (Lipinski definition) is 6. The maximum Gasteiger partial charge on any atom is 0.452 e. The number of benzene rings is 1. The topological polar surface area (TPSA) is 84.7 Å². The molecule has 4 aromatic rings. The van der Waals surface area contributed by atoms with E-state index in [0.717, 1.165) is 58.1 Å². The number of ether oxygens (including phenoxy) is 1. The quantitative estimate of drug-likeness (QED) is 0.375. The number of alkyl halides is 3. The smallest absolute Gasteiger partial charge is 0.452 e. The van der Waals surface area contributed by atoms with Crippen LogP contribution in [0, 0.1) is 20.8 Å². The molecule has 0 radical (unpaired) electrons. The van der Waals surface area contributed by atoms with Crippen LogP contribution in [0.3, 0.4) is 0 Å². The predicted molar refractivity (Wildman–Crippen MR) is 148 cm³/mol. The van der Waals surface area contributed by atoms with Gasteiger partial charge in [0.05, 0.1) is 6.54 Å². The number of hydrogen-bond donors (Lipinski definition) is 1. The summed E-state index contributed by atoms with van der Waals surface area (Å²) in [6, 6.07) is 9.73. The summed E-state index contributed by atoms with van der Waals surface area (Å²) in [5, 5.41) is 10.6. The van der Waals surface area contributed by atoms with Crippen molar-refractivity contribution in [2.24, 2.45) is 0 Å². The van der Waals surface area contributed by atoms with Gasteiger partial charge in [-0.05, 0) is 85.8 Å². The van der Waals surface area contributed by atoms with Crippen molar-refractivity contribution in [1.82, 2.24) is 29.2 Å². The first-order chi connectivity index (χ1) is 19.5. The van der Waals surface area contributed by atoms with Crippen molar-refractivity contribution in [1.29, 1.82) is 0 Å². The number of piperidine rings is 1. The van der Waals surface area contributed by atoms with Gasteiger partial charge in [-0.25, -0.2) is 13.5 Å². The predicted octanol–water partition coefficient (Wildman–Crippen LogP) is 4.70. The molecular formula is C29H31F3N6O2S. The normalized spacial score (nSPS) is 19.2. The summed E-state index contributed by atoms with van der Waals surface area (Å²) in [6.45, 7) is 8.31. The van der Waals surface area contributed by atoms with Crippen molar-refractivity contribution >= 4 is 16.6 Å². The minimum Gasteiger partial charge on any atom is -0.469 e. The van der Waals surface area contributed by atoms with Crippen LogP contribution < -0.4 is 10.1 Å². The van der Waals surface area contributed by atoms with Gasteiger partial charge in [0.2, 0.25) is 11.7 Å². The zero-order valence-corrected chi connectivity index (χ0v) is 23.9. The van der Waals surface area contributed by atoms with E-state index in [1.807, 2.05) is 36.4 Å². The fourth-order valence-electron chi connectivity index (χ4n) is 5.67. The Kier molecular flexibility index (Phi) is 7.11. The van der Waals surface area contributed by atoms with Gasteiger partial charge in [-0.3, -0.25) is 4.40 Å². The van der Waals surface area contributed by atoms with Crippen molar-refractivity contribution in [3.63, 3.8) is 0 Å². The van der Waals surface area contributed by atoms with Crippen LogP contribution in [-0.2, 0) is 30.1 Å². The van der Waals surface area contributed by atoms with Crippen molar-refractivity contribution in [3.05, 3.63) is 81.9 Å². The number of aryl methyl sites for hydroxylation is 3. The lowest BCUT2D eigenvalue weighted by Crippen LogP contribution is -2.52. The van der Waals surface area contributed by atoms with Crippen LogP contribution >= 0.6 is 0 Å². The summed E-state index contributed by atoms with van der Waals surface area (Å²) in [6.07, 6.45) is 0.625. The Hall–Kier alpha value is -3.35. The highest BCUT2D eigenvalue weighted by Gasteiger charge is 2.42. The Bertz CT molecular complexity index is 1650. The molecule has 1 spiro atoms. The first-order valence-electron chi connectivity index (χ1n) is 13.5. The second-order valence-electron chi connectivity index (χ2n) is 11.0. The van der Waals surface area contributed by atoms with Gasteiger partial charge in [-0.15, -0.1) is 10.2 Å². The van der Waals surface area contributed by atoms with E-state index >= 15 is 0 Å². The van der Waals surface area contributed by atoms with Crippen molar-refractivity contribution < 1.29 is 22.1 Å². The molecule has 2 aliphatic heterocycles. The van der Waals surface area contributed by atoms with Gasteiger partial charge < -0.3 is 10.1 Å². The Balaban J connectivity index is 1.31. The molecule has 41 heavy (non-hydrogen) atoms. The highest BCUT2D eigenvalue weighted by molar-refractivity contribution is 7.82. The Labute approximate surface area is 238 Å². The summed E-state index contributed by atoms with van der Waals surface area (Å²) in [5.74, 6) is -0.593. The van der Waals surface area contributed by atoms with Crippen LogP contribution in [0.2, 0.25) is 0 Å². The largest absolute Gasteiger partial charge is 0.469 e. The van der Waals surface area contributed by atoms with Gasteiger partial charge in [0.15, 0.2) is 5.65 Å². The number of halogens is 3. The highest BCUT2D eigenvalue weighted by atomic mass is 32.2. The second kappa shape index (κ2) is 10.5. The van der Waals surface area contributed by atoms with E-state index in [1.165, 1.54) is 6.20 Å². The van der Waals surface area contributed by atoms with Crippen LogP contribution in [0.4, 0.5) is 13.2 Å².